The van der Waals surface area contributed by atoms with E-state index in [0.29, 0.717) is 43.3 Å². The predicted octanol–water partition coefficient (Wildman–Crippen LogP) is 3.10. The number of benzene rings is 1. The molecule has 1 aliphatic carbocycles. The van der Waals surface area contributed by atoms with Gasteiger partial charge in [0.25, 0.3) is 0 Å². The molecule has 0 radical (unpaired) electrons. The quantitative estimate of drug-likeness (QED) is 0.572. The summed E-state index contributed by atoms with van der Waals surface area (Å²) >= 11 is 0. The van der Waals surface area contributed by atoms with Crippen molar-refractivity contribution in [3.05, 3.63) is 36.0 Å². The molecule has 2 heterocycles. The fraction of sp³-hybridized carbons (Fsp3) is 0.450. The standard InChI is InChI=1S/C20H27N5O4S/c1-21-19(26)22-15-5-3-14(4-6-15)18-23-16(20(7-8-20)30(2,27)28)13-17(24-18)25-9-11-29-12-10-25/h3-6,13,27-28H,7-12H2,1-2H3,(H2,21,22,26). The molecule has 0 atom stereocenters. The summed E-state index contributed by atoms with van der Waals surface area (Å²) in [5.74, 6) is 1.29. The zero-order chi connectivity index (χ0) is 21.4. The van der Waals surface area contributed by atoms with Gasteiger partial charge in [-0.25, -0.2) is 14.8 Å². The molecule has 1 aromatic carbocycles. The van der Waals surface area contributed by atoms with Gasteiger partial charge in [-0.2, -0.15) is 10.6 Å². The average molecular weight is 434 g/mol. The maximum absolute atomic E-state index is 11.5. The summed E-state index contributed by atoms with van der Waals surface area (Å²) in [6.07, 6.45) is 2.88. The Morgan fingerprint density at radius 3 is 2.40 bits per heavy atom. The second kappa shape index (κ2) is 8.03. The first-order valence-corrected chi connectivity index (χ1v) is 11.8. The first-order chi connectivity index (χ1) is 14.3. The molecule has 4 rings (SSSR count). The van der Waals surface area contributed by atoms with E-state index < -0.39 is 15.3 Å². The van der Waals surface area contributed by atoms with E-state index in [1.54, 1.807) is 19.2 Å². The number of ether oxygens (including phenoxy) is 1. The summed E-state index contributed by atoms with van der Waals surface area (Å²) < 4.78 is 25.7. The van der Waals surface area contributed by atoms with Gasteiger partial charge in [-0.05, 0) is 37.1 Å². The summed E-state index contributed by atoms with van der Waals surface area (Å²) in [5, 5.41) is 5.24. The minimum absolute atomic E-state index is 0.292. The zero-order valence-corrected chi connectivity index (χ0v) is 17.9. The molecule has 1 saturated carbocycles. The molecule has 0 spiro atoms. The molecule has 2 amide bonds. The summed E-state index contributed by atoms with van der Waals surface area (Å²) in [6.45, 7) is 2.70. The summed E-state index contributed by atoms with van der Waals surface area (Å²) in [5.41, 5.74) is 2.12. The van der Waals surface area contributed by atoms with Gasteiger partial charge in [-0.15, -0.1) is 0 Å². The molecule has 0 unspecified atom stereocenters. The number of anilines is 2. The van der Waals surface area contributed by atoms with E-state index in [9.17, 15) is 13.9 Å². The Morgan fingerprint density at radius 1 is 1.17 bits per heavy atom. The highest BCUT2D eigenvalue weighted by Gasteiger charge is 2.55. The van der Waals surface area contributed by atoms with Crippen LogP contribution in [-0.4, -0.2) is 64.7 Å². The molecular weight excluding hydrogens is 406 g/mol. The molecule has 30 heavy (non-hydrogen) atoms. The fourth-order valence-electron chi connectivity index (χ4n) is 3.60. The third-order valence-electron chi connectivity index (χ3n) is 5.59. The van der Waals surface area contributed by atoms with Crippen LogP contribution in [-0.2, 0) is 9.48 Å². The average Bonchev–Trinajstić information content (AvgIpc) is 3.57. The lowest BCUT2D eigenvalue weighted by Crippen LogP contribution is -2.37. The van der Waals surface area contributed by atoms with Crippen LogP contribution in [0, 0.1) is 0 Å². The number of morpholine rings is 1. The number of nitrogens with one attached hydrogen (secondary N) is 2. The van der Waals surface area contributed by atoms with Gasteiger partial charge in [0.2, 0.25) is 0 Å². The topological polar surface area (TPSA) is 120 Å². The maximum Gasteiger partial charge on any atom is 0.318 e. The number of rotatable bonds is 5. The Bertz CT molecular complexity index is 922. The van der Waals surface area contributed by atoms with E-state index in [2.05, 4.69) is 15.5 Å². The van der Waals surface area contributed by atoms with Gasteiger partial charge in [0.15, 0.2) is 5.82 Å². The number of nitrogens with zero attached hydrogens (tertiary/aromatic N) is 3. The van der Waals surface area contributed by atoms with E-state index in [1.165, 1.54) is 6.26 Å². The van der Waals surface area contributed by atoms with Crippen molar-refractivity contribution in [1.29, 1.82) is 0 Å². The SMILES string of the molecule is CNC(=O)Nc1ccc(-c2nc(N3CCOCC3)cc(C3(S(C)(O)O)CC3)n2)cc1. The fourth-order valence-corrected chi connectivity index (χ4v) is 4.98. The molecule has 2 aromatic rings. The number of hydrogen-bond donors (Lipinski definition) is 4. The number of aromatic nitrogens is 2. The largest absolute Gasteiger partial charge is 0.378 e. The van der Waals surface area contributed by atoms with Crippen LogP contribution in [0.1, 0.15) is 18.5 Å². The van der Waals surface area contributed by atoms with Crippen LogP contribution in [0.3, 0.4) is 0 Å². The minimum atomic E-state index is -2.80. The van der Waals surface area contributed by atoms with Crippen LogP contribution in [0.25, 0.3) is 11.4 Å². The van der Waals surface area contributed by atoms with Gasteiger partial charge >= 0.3 is 6.03 Å². The van der Waals surface area contributed by atoms with E-state index in [4.69, 9.17) is 14.7 Å². The Morgan fingerprint density at radius 2 is 1.83 bits per heavy atom. The molecule has 1 saturated heterocycles. The van der Waals surface area contributed by atoms with Gasteiger partial charge in [0.1, 0.15) is 10.6 Å². The van der Waals surface area contributed by atoms with E-state index in [0.717, 1.165) is 24.5 Å². The van der Waals surface area contributed by atoms with Crippen LogP contribution in [0.4, 0.5) is 16.3 Å². The molecule has 2 fully saturated rings. The smallest absolute Gasteiger partial charge is 0.318 e. The van der Waals surface area contributed by atoms with Crippen molar-refractivity contribution < 1.29 is 18.6 Å². The Hall–Kier alpha value is -2.40. The van der Waals surface area contributed by atoms with Gasteiger partial charge < -0.3 is 20.3 Å². The second-order valence-electron chi connectivity index (χ2n) is 7.64. The Labute approximate surface area is 177 Å². The lowest BCUT2D eigenvalue weighted by molar-refractivity contribution is 0.122. The van der Waals surface area contributed by atoms with E-state index in [1.807, 2.05) is 18.2 Å². The third-order valence-corrected chi connectivity index (χ3v) is 7.68. The zero-order valence-electron chi connectivity index (χ0n) is 17.1. The Balaban J connectivity index is 1.72. The monoisotopic (exact) mass is 433 g/mol. The van der Waals surface area contributed by atoms with Crippen molar-refractivity contribution >= 4 is 28.1 Å². The van der Waals surface area contributed by atoms with Gasteiger partial charge in [0, 0.05) is 43.7 Å². The summed E-state index contributed by atoms with van der Waals surface area (Å²) in [4.78, 5) is 23.1. The maximum atomic E-state index is 11.5. The molecular formula is C20H27N5O4S. The highest BCUT2D eigenvalue weighted by atomic mass is 32.3. The van der Waals surface area contributed by atoms with Crippen LogP contribution >= 0.6 is 10.6 Å². The highest BCUT2D eigenvalue weighted by molar-refractivity contribution is 8.24. The molecule has 1 aliphatic heterocycles. The first-order valence-electron chi connectivity index (χ1n) is 9.87. The van der Waals surface area contributed by atoms with Crippen LogP contribution in [0.5, 0.6) is 0 Å². The normalized spacial score (nSPS) is 18.6. The highest BCUT2D eigenvalue weighted by Crippen LogP contribution is 2.69. The van der Waals surface area contributed by atoms with E-state index >= 15 is 0 Å². The van der Waals surface area contributed by atoms with Crippen molar-refractivity contribution in [2.75, 3.05) is 49.8 Å². The molecule has 0 bridgehead atoms. The van der Waals surface area contributed by atoms with Crippen molar-refractivity contribution in [3.63, 3.8) is 0 Å². The summed E-state index contributed by atoms with van der Waals surface area (Å²) in [6, 6.07) is 8.86. The molecule has 1 aromatic heterocycles. The molecule has 9 nitrogen and oxygen atoms in total. The number of hydrogen-bond acceptors (Lipinski definition) is 7. The summed E-state index contributed by atoms with van der Waals surface area (Å²) in [7, 11) is -1.24. The lowest BCUT2D eigenvalue weighted by Gasteiger charge is -2.37. The number of urea groups is 1. The predicted molar refractivity (Wildman–Crippen MR) is 118 cm³/mol. The molecule has 2 aliphatic rings. The lowest BCUT2D eigenvalue weighted by atomic mass is 10.1. The van der Waals surface area contributed by atoms with Crippen LogP contribution < -0.4 is 15.5 Å². The van der Waals surface area contributed by atoms with Gasteiger partial charge in [0.05, 0.1) is 18.9 Å². The van der Waals surface area contributed by atoms with Crippen molar-refractivity contribution in [1.82, 2.24) is 15.3 Å². The second-order valence-corrected chi connectivity index (χ2v) is 10.1. The van der Waals surface area contributed by atoms with Crippen molar-refractivity contribution in [3.8, 4) is 11.4 Å². The molecule has 10 heteroatoms. The first kappa shape index (κ1) is 20.9. The number of carbonyl (C=O) groups excluding carboxylic acids is 1. The molecule has 162 valence electrons. The van der Waals surface area contributed by atoms with Gasteiger partial charge in [-0.3, -0.25) is 9.11 Å². The van der Waals surface area contributed by atoms with E-state index in [-0.39, 0.29) is 6.03 Å². The minimum Gasteiger partial charge on any atom is -0.378 e. The number of carbonyl (C=O) groups is 1. The van der Waals surface area contributed by atoms with Crippen LogP contribution in [0.15, 0.2) is 30.3 Å². The third kappa shape index (κ3) is 4.08. The van der Waals surface area contributed by atoms with Crippen LogP contribution in [0.2, 0.25) is 0 Å². The van der Waals surface area contributed by atoms with Crippen molar-refractivity contribution in [2.24, 2.45) is 0 Å². The molecule has 4 N–H and O–H groups in total. The Kier molecular flexibility index (Phi) is 5.58. The number of amides is 2. The van der Waals surface area contributed by atoms with Crippen molar-refractivity contribution in [2.45, 2.75) is 17.6 Å². The van der Waals surface area contributed by atoms with Gasteiger partial charge in [-0.1, -0.05) is 0 Å².